The highest BCUT2D eigenvalue weighted by atomic mass is 16.3. The molecule has 1 aromatic heterocycles. The molecule has 28 heavy (non-hydrogen) atoms. The Morgan fingerprint density at radius 3 is 2.68 bits per heavy atom. The summed E-state index contributed by atoms with van der Waals surface area (Å²) in [6, 6.07) is 17.4. The molecule has 7 heteroatoms. The number of nitrogens with two attached hydrogens (primary N) is 1. The van der Waals surface area contributed by atoms with E-state index < -0.39 is 0 Å². The lowest BCUT2D eigenvalue weighted by Gasteiger charge is -2.17. The lowest BCUT2D eigenvalue weighted by molar-refractivity contribution is 0.0959. The van der Waals surface area contributed by atoms with Crippen LogP contribution in [0.4, 0.5) is 5.82 Å². The molecule has 0 bridgehead atoms. The van der Waals surface area contributed by atoms with Crippen molar-refractivity contribution in [2.24, 2.45) is 0 Å². The molecule has 2 aromatic carbocycles. The van der Waals surface area contributed by atoms with Gasteiger partial charge in [0.05, 0.1) is 24.5 Å². The van der Waals surface area contributed by atoms with Gasteiger partial charge in [0.15, 0.2) is 11.5 Å². The number of aliphatic hydroxyl groups excluding tert-OH is 1. The molecule has 1 amide bonds. The number of amides is 1. The molecule has 0 saturated heterocycles. The number of anilines is 1. The Morgan fingerprint density at radius 1 is 1.18 bits per heavy atom. The third kappa shape index (κ3) is 4.51. The van der Waals surface area contributed by atoms with Crippen molar-refractivity contribution < 1.29 is 9.90 Å². The normalized spacial score (nSPS) is 11.8. The van der Waals surface area contributed by atoms with Gasteiger partial charge in [-0.05, 0) is 17.2 Å². The van der Waals surface area contributed by atoms with Gasteiger partial charge in [0.1, 0.15) is 0 Å². The van der Waals surface area contributed by atoms with Crippen LogP contribution in [0, 0.1) is 0 Å². The Labute approximate surface area is 163 Å². The Morgan fingerprint density at radius 2 is 1.96 bits per heavy atom. The van der Waals surface area contributed by atoms with Crippen LogP contribution >= 0.6 is 0 Å². The number of rotatable bonds is 7. The minimum atomic E-state index is -0.377. The summed E-state index contributed by atoms with van der Waals surface area (Å²) in [7, 11) is 1.52. The predicted octanol–water partition coefficient (Wildman–Crippen LogP) is 1.91. The second kappa shape index (κ2) is 9.07. The second-order valence-electron chi connectivity index (χ2n) is 6.30. The molecule has 0 aliphatic carbocycles. The Kier molecular flexibility index (Phi) is 6.31. The molecule has 0 spiro atoms. The zero-order valence-corrected chi connectivity index (χ0v) is 15.6. The minimum Gasteiger partial charge on any atom is -0.394 e. The van der Waals surface area contributed by atoms with Crippen LogP contribution in [0.1, 0.15) is 27.7 Å². The van der Waals surface area contributed by atoms with Crippen LogP contribution in [0.3, 0.4) is 0 Å². The van der Waals surface area contributed by atoms with Gasteiger partial charge in [-0.3, -0.25) is 4.79 Å². The van der Waals surface area contributed by atoms with Gasteiger partial charge in [-0.15, -0.1) is 0 Å². The smallest absolute Gasteiger partial charge is 0.273 e. The number of nitrogens with zero attached hydrogens (tertiary/aromatic N) is 2. The number of benzene rings is 2. The maximum Gasteiger partial charge on any atom is 0.273 e. The van der Waals surface area contributed by atoms with Gasteiger partial charge in [0, 0.05) is 19.2 Å². The molecule has 0 radical (unpaired) electrons. The van der Waals surface area contributed by atoms with Crippen molar-refractivity contribution in [3.05, 3.63) is 77.6 Å². The molecule has 3 aromatic rings. The fraction of sp³-hybridized carbons (Fsp3) is 0.190. The van der Waals surface area contributed by atoms with E-state index in [1.165, 1.54) is 7.05 Å². The molecule has 0 fully saturated rings. The zero-order chi connectivity index (χ0) is 19.9. The van der Waals surface area contributed by atoms with Crippen molar-refractivity contribution in [1.29, 1.82) is 0 Å². The lowest BCUT2D eigenvalue weighted by Crippen LogP contribution is -2.24. The maximum atomic E-state index is 11.9. The highest BCUT2D eigenvalue weighted by Crippen LogP contribution is 2.20. The van der Waals surface area contributed by atoms with E-state index in [-0.39, 0.29) is 30.1 Å². The van der Waals surface area contributed by atoms with Crippen LogP contribution in [0.25, 0.3) is 11.3 Å². The summed E-state index contributed by atoms with van der Waals surface area (Å²) >= 11 is 0. The monoisotopic (exact) mass is 377 g/mol. The van der Waals surface area contributed by atoms with Crippen molar-refractivity contribution >= 4 is 11.7 Å². The number of carbonyl (C=O) groups is 1. The van der Waals surface area contributed by atoms with Crippen LogP contribution < -0.4 is 16.4 Å². The molecular weight excluding hydrogens is 354 g/mol. The standard InChI is InChI=1S/C21H23N5O2/c1-23-21(28)19-20(22)25-12-17(26-19)16-9-5-6-14(10-16)11-24-18(13-27)15-7-3-2-4-8-15/h2-10,12,18,24,27H,11,13H2,1H3,(H2,22,25)(H,23,28)/t18-/m0/s1. The molecule has 144 valence electrons. The summed E-state index contributed by atoms with van der Waals surface area (Å²) in [5.41, 5.74) is 9.31. The Hall–Kier alpha value is -3.29. The fourth-order valence-electron chi connectivity index (χ4n) is 2.88. The van der Waals surface area contributed by atoms with Gasteiger partial charge in [-0.25, -0.2) is 9.97 Å². The van der Waals surface area contributed by atoms with Gasteiger partial charge < -0.3 is 21.5 Å². The van der Waals surface area contributed by atoms with Gasteiger partial charge in [-0.2, -0.15) is 0 Å². The summed E-state index contributed by atoms with van der Waals surface area (Å²) in [4.78, 5) is 20.3. The van der Waals surface area contributed by atoms with Crippen LogP contribution in [-0.2, 0) is 6.54 Å². The predicted molar refractivity (Wildman–Crippen MR) is 108 cm³/mol. The van der Waals surface area contributed by atoms with E-state index in [1.807, 2.05) is 54.6 Å². The first-order valence-corrected chi connectivity index (χ1v) is 8.95. The molecule has 0 aliphatic heterocycles. The zero-order valence-electron chi connectivity index (χ0n) is 15.6. The number of aliphatic hydroxyl groups is 1. The number of aromatic nitrogens is 2. The largest absolute Gasteiger partial charge is 0.394 e. The minimum absolute atomic E-state index is 0.00261. The van der Waals surface area contributed by atoms with E-state index in [0.717, 1.165) is 16.7 Å². The highest BCUT2D eigenvalue weighted by molar-refractivity contribution is 5.96. The van der Waals surface area contributed by atoms with Crippen LogP contribution in [-0.4, -0.2) is 34.6 Å². The molecule has 0 unspecified atom stereocenters. The summed E-state index contributed by atoms with van der Waals surface area (Å²) in [6.07, 6.45) is 1.55. The first-order valence-electron chi connectivity index (χ1n) is 8.95. The Bertz CT molecular complexity index is 947. The quantitative estimate of drug-likeness (QED) is 0.500. The van der Waals surface area contributed by atoms with Gasteiger partial charge in [0.2, 0.25) is 0 Å². The summed E-state index contributed by atoms with van der Waals surface area (Å²) in [5.74, 6) is -0.284. The van der Waals surface area contributed by atoms with E-state index in [2.05, 4.69) is 20.6 Å². The first kappa shape index (κ1) is 19.5. The van der Waals surface area contributed by atoms with Crippen molar-refractivity contribution in [1.82, 2.24) is 20.6 Å². The first-order chi connectivity index (χ1) is 13.6. The van der Waals surface area contributed by atoms with Crippen LogP contribution in [0.2, 0.25) is 0 Å². The highest BCUT2D eigenvalue weighted by Gasteiger charge is 2.14. The van der Waals surface area contributed by atoms with Crippen molar-refractivity contribution in [2.75, 3.05) is 19.4 Å². The number of carbonyl (C=O) groups excluding carboxylic acids is 1. The third-order valence-corrected chi connectivity index (χ3v) is 4.40. The number of hydrogen-bond donors (Lipinski definition) is 4. The number of nitrogen functional groups attached to an aromatic ring is 1. The Balaban J connectivity index is 1.78. The van der Waals surface area contributed by atoms with Crippen molar-refractivity contribution in [3.8, 4) is 11.3 Å². The summed E-state index contributed by atoms with van der Waals surface area (Å²) < 4.78 is 0. The van der Waals surface area contributed by atoms with E-state index in [0.29, 0.717) is 12.2 Å². The van der Waals surface area contributed by atoms with Crippen molar-refractivity contribution in [2.45, 2.75) is 12.6 Å². The van der Waals surface area contributed by atoms with E-state index in [1.54, 1.807) is 6.20 Å². The van der Waals surface area contributed by atoms with E-state index in [9.17, 15) is 9.90 Å². The molecule has 1 heterocycles. The summed E-state index contributed by atoms with van der Waals surface area (Å²) in [5, 5.41) is 15.6. The van der Waals surface area contributed by atoms with Gasteiger partial charge in [0.25, 0.3) is 5.91 Å². The average Bonchev–Trinajstić information content (AvgIpc) is 2.75. The number of hydrogen-bond acceptors (Lipinski definition) is 6. The molecule has 0 saturated carbocycles. The van der Waals surface area contributed by atoms with Crippen LogP contribution in [0.5, 0.6) is 0 Å². The summed E-state index contributed by atoms with van der Waals surface area (Å²) in [6.45, 7) is 0.571. The SMILES string of the molecule is CNC(=O)c1nc(-c2cccc(CN[C@@H](CO)c3ccccc3)c2)cnc1N. The topological polar surface area (TPSA) is 113 Å². The molecule has 1 atom stereocenters. The van der Waals surface area contributed by atoms with E-state index >= 15 is 0 Å². The van der Waals surface area contributed by atoms with Gasteiger partial charge >= 0.3 is 0 Å². The average molecular weight is 377 g/mol. The van der Waals surface area contributed by atoms with E-state index in [4.69, 9.17) is 5.73 Å². The molecule has 5 N–H and O–H groups in total. The molecule has 0 aliphatic rings. The second-order valence-corrected chi connectivity index (χ2v) is 6.30. The third-order valence-electron chi connectivity index (χ3n) is 4.40. The van der Waals surface area contributed by atoms with Crippen molar-refractivity contribution in [3.63, 3.8) is 0 Å². The van der Waals surface area contributed by atoms with Gasteiger partial charge in [-0.1, -0.05) is 48.5 Å². The molecular formula is C21H23N5O2. The molecule has 3 rings (SSSR count). The lowest BCUT2D eigenvalue weighted by atomic mass is 10.1. The molecule has 7 nitrogen and oxygen atoms in total. The van der Waals surface area contributed by atoms with Crippen LogP contribution in [0.15, 0.2) is 60.8 Å². The number of nitrogens with one attached hydrogen (secondary N) is 2. The maximum absolute atomic E-state index is 11.9. The fourth-order valence-corrected chi connectivity index (χ4v) is 2.88.